The number of rotatable bonds is 4. The Bertz CT molecular complexity index is 1380. The fourth-order valence-electron chi connectivity index (χ4n) is 4.12. The van der Waals surface area contributed by atoms with Crippen LogP contribution in [0.4, 0.5) is 8.78 Å². The molecule has 0 amide bonds. The molecule has 0 saturated carbocycles. The molecular formula is C24H17F2NO4. The van der Waals surface area contributed by atoms with E-state index in [-0.39, 0.29) is 25.2 Å². The Hall–Kier alpha value is -3.58. The molecule has 2 heterocycles. The Balaban J connectivity index is 1.82. The highest BCUT2D eigenvalue weighted by Gasteiger charge is 2.32. The predicted octanol–water partition coefficient (Wildman–Crippen LogP) is 3.78. The summed E-state index contributed by atoms with van der Waals surface area (Å²) in [5.41, 5.74) is 1.69. The summed E-state index contributed by atoms with van der Waals surface area (Å²) in [5, 5.41) is 12.2. The molecule has 0 atom stereocenters. The minimum Gasteiger partial charge on any atom is -0.854 e. The summed E-state index contributed by atoms with van der Waals surface area (Å²) in [6.45, 7) is -0.380. The summed E-state index contributed by atoms with van der Waals surface area (Å²) < 4.78 is 42.1. The standard InChI is InChI=1S/C24H17F2NO4/c1-27-18-11-13(24(29)30-9-3-8-28)10-17(26)21(18)15-4-2-5-20-22(15)23(27)16-12-14(25)6-7-19(16)31-20/h2,4-7,10-12H,3,8-9H2,1H3. The van der Waals surface area contributed by atoms with Gasteiger partial charge in [-0.15, -0.1) is 6.61 Å². The van der Waals surface area contributed by atoms with Gasteiger partial charge < -0.3 is 14.6 Å². The molecule has 7 heteroatoms. The molecule has 1 aliphatic rings. The average Bonchev–Trinajstić information content (AvgIpc) is 2.76. The zero-order chi connectivity index (χ0) is 21.7. The molecule has 156 valence electrons. The van der Waals surface area contributed by atoms with Crippen LogP contribution in [0.15, 0.2) is 48.5 Å². The van der Waals surface area contributed by atoms with E-state index < -0.39 is 17.6 Å². The zero-order valence-electron chi connectivity index (χ0n) is 16.6. The highest BCUT2D eigenvalue weighted by molar-refractivity contribution is 6.13. The van der Waals surface area contributed by atoms with Crippen molar-refractivity contribution in [3.8, 4) is 22.8 Å². The van der Waals surface area contributed by atoms with Gasteiger partial charge in [0.05, 0.1) is 28.5 Å². The van der Waals surface area contributed by atoms with E-state index in [1.54, 1.807) is 41.9 Å². The molecule has 0 unspecified atom stereocenters. The zero-order valence-corrected chi connectivity index (χ0v) is 16.6. The van der Waals surface area contributed by atoms with Crippen molar-refractivity contribution in [1.29, 1.82) is 0 Å². The normalized spacial score (nSPS) is 12.0. The van der Waals surface area contributed by atoms with Crippen LogP contribution < -0.4 is 14.4 Å². The summed E-state index contributed by atoms with van der Waals surface area (Å²) in [6.07, 6.45) is 0.190. The Morgan fingerprint density at radius 3 is 2.74 bits per heavy atom. The molecule has 0 fully saturated rings. The minimum atomic E-state index is -0.702. The Labute approximate surface area is 176 Å². The van der Waals surface area contributed by atoms with Crippen LogP contribution in [0.25, 0.3) is 32.9 Å². The van der Waals surface area contributed by atoms with Gasteiger partial charge in [0.25, 0.3) is 0 Å². The van der Waals surface area contributed by atoms with Crippen LogP contribution in [-0.2, 0) is 11.8 Å². The van der Waals surface area contributed by atoms with E-state index in [4.69, 9.17) is 9.47 Å². The first-order valence-corrected chi connectivity index (χ1v) is 9.80. The highest BCUT2D eigenvalue weighted by Crippen LogP contribution is 2.46. The molecule has 31 heavy (non-hydrogen) atoms. The maximum atomic E-state index is 15.3. The van der Waals surface area contributed by atoms with Crippen molar-refractivity contribution in [2.45, 2.75) is 6.42 Å². The number of hydrogen-bond donors (Lipinski definition) is 0. The van der Waals surface area contributed by atoms with E-state index in [1.165, 1.54) is 12.1 Å². The Morgan fingerprint density at radius 1 is 1.10 bits per heavy atom. The third-order valence-corrected chi connectivity index (χ3v) is 5.47. The van der Waals surface area contributed by atoms with Gasteiger partial charge in [-0.3, -0.25) is 0 Å². The molecule has 0 bridgehead atoms. The molecule has 0 N–H and O–H groups in total. The molecule has 0 saturated heterocycles. The number of esters is 1. The monoisotopic (exact) mass is 421 g/mol. The number of ether oxygens (including phenoxy) is 2. The first-order chi connectivity index (χ1) is 15.0. The molecule has 0 spiro atoms. The SMILES string of the molecule is C[n+]1c2c3c(cccc3c3c(F)cc(C(=O)OCCC[O-])cc31)Oc1ccc(F)cc1-2. The Morgan fingerprint density at radius 2 is 1.94 bits per heavy atom. The van der Waals surface area contributed by atoms with E-state index in [0.717, 1.165) is 6.07 Å². The van der Waals surface area contributed by atoms with E-state index in [9.17, 15) is 14.3 Å². The number of benzene rings is 3. The van der Waals surface area contributed by atoms with Crippen LogP contribution >= 0.6 is 0 Å². The van der Waals surface area contributed by atoms with Gasteiger partial charge in [0.2, 0.25) is 11.2 Å². The number of aryl methyl sites for hydroxylation is 1. The second kappa shape index (κ2) is 7.28. The summed E-state index contributed by atoms with van der Waals surface area (Å²) >= 11 is 0. The molecular weight excluding hydrogens is 404 g/mol. The highest BCUT2D eigenvalue weighted by atomic mass is 19.1. The van der Waals surface area contributed by atoms with Gasteiger partial charge >= 0.3 is 5.97 Å². The van der Waals surface area contributed by atoms with Crippen LogP contribution in [0.1, 0.15) is 16.8 Å². The molecule has 1 aromatic heterocycles. The van der Waals surface area contributed by atoms with Gasteiger partial charge in [0.15, 0.2) is 0 Å². The molecule has 3 aromatic carbocycles. The lowest BCUT2D eigenvalue weighted by Gasteiger charge is -2.20. The van der Waals surface area contributed by atoms with Crippen molar-refractivity contribution in [3.05, 3.63) is 65.7 Å². The lowest BCUT2D eigenvalue weighted by Crippen LogP contribution is -2.34. The summed E-state index contributed by atoms with van der Waals surface area (Å²) in [4.78, 5) is 12.4. The third-order valence-electron chi connectivity index (χ3n) is 5.47. The summed E-state index contributed by atoms with van der Waals surface area (Å²) in [6, 6.07) is 12.3. The second-order valence-electron chi connectivity index (χ2n) is 7.37. The lowest BCUT2D eigenvalue weighted by molar-refractivity contribution is -0.632. The average molecular weight is 421 g/mol. The van der Waals surface area contributed by atoms with Gasteiger partial charge in [-0.25, -0.2) is 13.6 Å². The maximum absolute atomic E-state index is 15.3. The van der Waals surface area contributed by atoms with Crippen molar-refractivity contribution in [2.24, 2.45) is 7.05 Å². The van der Waals surface area contributed by atoms with E-state index in [0.29, 0.717) is 44.4 Å². The van der Waals surface area contributed by atoms with E-state index in [1.807, 2.05) is 0 Å². The predicted molar refractivity (Wildman–Crippen MR) is 108 cm³/mol. The molecule has 0 aliphatic carbocycles. The number of aromatic nitrogens is 1. The molecule has 4 aromatic rings. The van der Waals surface area contributed by atoms with Gasteiger partial charge in [-0.05, 0) is 36.8 Å². The van der Waals surface area contributed by atoms with E-state index in [2.05, 4.69) is 0 Å². The third kappa shape index (κ3) is 3.00. The van der Waals surface area contributed by atoms with Crippen LogP contribution in [0.3, 0.4) is 0 Å². The number of hydrogen-bond acceptors (Lipinski definition) is 4. The van der Waals surface area contributed by atoms with Gasteiger partial charge in [-0.2, -0.15) is 4.57 Å². The van der Waals surface area contributed by atoms with E-state index >= 15 is 4.39 Å². The first kappa shape index (κ1) is 19.4. The fraction of sp³-hybridized carbons (Fsp3) is 0.167. The van der Waals surface area contributed by atoms with Crippen molar-refractivity contribution in [2.75, 3.05) is 13.2 Å². The van der Waals surface area contributed by atoms with Crippen LogP contribution in [0.5, 0.6) is 11.5 Å². The number of carbonyl (C=O) groups excluding carboxylic acids is 1. The lowest BCUT2D eigenvalue weighted by atomic mass is 9.95. The largest absolute Gasteiger partial charge is 0.854 e. The first-order valence-electron chi connectivity index (χ1n) is 9.80. The Kier molecular flexibility index (Phi) is 4.55. The molecule has 5 rings (SSSR count). The summed E-state index contributed by atoms with van der Waals surface area (Å²) in [7, 11) is 1.74. The quantitative estimate of drug-likeness (QED) is 0.192. The van der Waals surface area contributed by atoms with Crippen molar-refractivity contribution >= 4 is 27.6 Å². The van der Waals surface area contributed by atoms with Crippen molar-refractivity contribution in [3.63, 3.8) is 0 Å². The number of nitrogens with zero attached hydrogens (tertiary/aromatic N) is 1. The topological polar surface area (TPSA) is 62.5 Å². The molecule has 1 aliphatic heterocycles. The number of halogens is 2. The van der Waals surface area contributed by atoms with Crippen LogP contribution in [-0.4, -0.2) is 19.2 Å². The number of fused-ring (bicyclic) bond motifs is 4. The summed E-state index contributed by atoms with van der Waals surface area (Å²) in [5.74, 6) is -0.671. The fourth-order valence-corrected chi connectivity index (χ4v) is 4.12. The number of pyridine rings is 1. The van der Waals surface area contributed by atoms with Crippen LogP contribution in [0.2, 0.25) is 0 Å². The molecule has 0 radical (unpaired) electrons. The minimum absolute atomic E-state index is 0.0234. The maximum Gasteiger partial charge on any atom is 0.338 e. The number of carbonyl (C=O) groups is 1. The van der Waals surface area contributed by atoms with Gasteiger partial charge in [-0.1, -0.05) is 12.1 Å². The molecule has 5 nitrogen and oxygen atoms in total. The van der Waals surface area contributed by atoms with Gasteiger partial charge in [0, 0.05) is 11.5 Å². The smallest absolute Gasteiger partial charge is 0.338 e. The van der Waals surface area contributed by atoms with Crippen LogP contribution in [0, 0.1) is 11.6 Å². The van der Waals surface area contributed by atoms with Gasteiger partial charge in [0.1, 0.15) is 30.2 Å². The van der Waals surface area contributed by atoms with Crippen molar-refractivity contribution < 1.29 is 32.7 Å². The van der Waals surface area contributed by atoms with Crippen molar-refractivity contribution in [1.82, 2.24) is 0 Å². The second-order valence-corrected chi connectivity index (χ2v) is 7.37.